The average Bonchev–Trinajstić information content (AvgIpc) is 2.91. The van der Waals surface area contributed by atoms with Crippen LogP contribution in [0.3, 0.4) is 0 Å². The first-order valence-electron chi connectivity index (χ1n) is 6.89. The van der Waals surface area contributed by atoms with Crippen LogP contribution < -0.4 is 0 Å². The van der Waals surface area contributed by atoms with E-state index < -0.39 is 15.8 Å². The van der Waals surface area contributed by atoms with Crippen LogP contribution in [-0.4, -0.2) is 50.8 Å². The number of halogens is 1. The van der Waals surface area contributed by atoms with Crippen LogP contribution in [0.4, 0.5) is 4.39 Å². The van der Waals surface area contributed by atoms with Crippen LogP contribution in [0.25, 0.3) is 0 Å². The smallest absolute Gasteiger partial charge is 0.218 e. The minimum Gasteiger partial charge on any atom is -0.302 e. The molecule has 0 bridgehead atoms. The van der Waals surface area contributed by atoms with Gasteiger partial charge < -0.3 is 4.90 Å². The van der Waals surface area contributed by atoms with Crippen LogP contribution in [0, 0.1) is 5.82 Å². The van der Waals surface area contributed by atoms with E-state index in [1.807, 2.05) is 0 Å². The predicted octanol–water partition coefficient (Wildman–Crippen LogP) is 1.68. The molecule has 1 heterocycles. The quantitative estimate of drug-likeness (QED) is 0.802. The second kappa shape index (κ2) is 6.65. The molecule has 0 saturated carbocycles. The molecule has 0 aromatic heterocycles. The predicted molar refractivity (Wildman–Crippen MR) is 77.3 cm³/mol. The summed E-state index contributed by atoms with van der Waals surface area (Å²) in [5, 5.41) is 0. The van der Waals surface area contributed by atoms with Crippen molar-refractivity contribution in [3.05, 3.63) is 35.6 Å². The summed E-state index contributed by atoms with van der Waals surface area (Å²) in [4.78, 5) is 2.26. The maximum absolute atomic E-state index is 13.5. The zero-order valence-electron chi connectivity index (χ0n) is 11.8. The third-order valence-corrected chi connectivity index (χ3v) is 5.51. The molecule has 112 valence electrons. The van der Waals surface area contributed by atoms with E-state index in [2.05, 4.69) is 4.90 Å². The Balaban J connectivity index is 1.93. The van der Waals surface area contributed by atoms with Crippen molar-refractivity contribution >= 4 is 10.0 Å². The Bertz CT molecular complexity index is 542. The first-order valence-corrected chi connectivity index (χ1v) is 8.50. The normalized spacial score (nSPS) is 16.9. The summed E-state index contributed by atoms with van der Waals surface area (Å²) in [7, 11) is -1.90. The van der Waals surface area contributed by atoms with Crippen molar-refractivity contribution in [1.82, 2.24) is 9.21 Å². The molecule has 20 heavy (non-hydrogen) atoms. The standard InChI is InChI=1S/C14H21FN2O2S/c1-16(10-11-17-8-4-5-9-17)20(18,19)12-13-6-2-3-7-14(13)15/h2-3,6-7H,4-5,8-12H2,1H3. The molecule has 1 aliphatic heterocycles. The van der Waals surface area contributed by atoms with E-state index in [9.17, 15) is 12.8 Å². The first kappa shape index (κ1) is 15.4. The lowest BCUT2D eigenvalue weighted by Gasteiger charge is -2.21. The van der Waals surface area contributed by atoms with Gasteiger partial charge in [-0.15, -0.1) is 0 Å². The molecular weight excluding hydrogens is 279 g/mol. The van der Waals surface area contributed by atoms with Crippen molar-refractivity contribution in [3.63, 3.8) is 0 Å². The fourth-order valence-electron chi connectivity index (χ4n) is 2.35. The second-order valence-electron chi connectivity index (χ2n) is 5.22. The van der Waals surface area contributed by atoms with Gasteiger partial charge >= 0.3 is 0 Å². The van der Waals surface area contributed by atoms with E-state index in [0.29, 0.717) is 6.54 Å². The Morgan fingerprint density at radius 1 is 1.25 bits per heavy atom. The molecular formula is C14H21FN2O2S. The topological polar surface area (TPSA) is 40.6 Å². The van der Waals surface area contributed by atoms with Crippen molar-refractivity contribution in [1.29, 1.82) is 0 Å². The Hall–Kier alpha value is -0.980. The number of benzene rings is 1. The van der Waals surface area contributed by atoms with E-state index in [1.54, 1.807) is 19.2 Å². The molecule has 1 fully saturated rings. The van der Waals surface area contributed by atoms with Gasteiger partial charge in [-0.05, 0) is 32.0 Å². The van der Waals surface area contributed by atoms with E-state index in [-0.39, 0.29) is 11.3 Å². The van der Waals surface area contributed by atoms with E-state index in [4.69, 9.17) is 0 Å². The molecule has 4 nitrogen and oxygen atoms in total. The molecule has 0 N–H and O–H groups in total. The minimum atomic E-state index is -3.46. The highest BCUT2D eigenvalue weighted by Crippen LogP contribution is 2.14. The van der Waals surface area contributed by atoms with Crippen molar-refractivity contribution in [2.24, 2.45) is 0 Å². The molecule has 0 aliphatic carbocycles. The zero-order chi connectivity index (χ0) is 14.6. The summed E-state index contributed by atoms with van der Waals surface area (Å²) in [6.07, 6.45) is 2.37. The fraction of sp³-hybridized carbons (Fsp3) is 0.571. The monoisotopic (exact) mass is 300 g/mol. The molecule has 0 radical (unpaired) electrons. The van der Waals surface area contributed by atoms with Crippen LogP contribution in [-0.2, 0) is 15.8 Å². The van der Waals surface area contributed by atoms with Crippen LogP contribution in [0.2, 0.25) is 0 Å². The summed E-state index contributed by atoms with van der Waals surface area (Å²) in [6.45, 7) is 3.28. The van der Waals surface area contributed by atoms with Crippen molar-refractivity contribution in [3.8, 4) is 0 Å². The summed E-state index contributed by atoms with van der Waals surface area (Å²) < 4.78 is 39.3. The first-order chi connectivity index (χ1) is 9.49. The Kier molecular flexibility index (Phi) is 5.12. The molecule has 0 unspecified atom stereocenters. The number of rotatable bonds is 6. The zero-order valence-corrected chi connectivity index (χ0v) is 12.6. The Morgan fingerprint density at radius 3 is 2.55 bits per heavy atom. The average molecular weight is 300 g/mol. The summed E-state index contributed by atoms with van der Waals surface area (Å²) in [5.41, 5.74) is 0.223. The number of likely N-dealkylation sites (N-methyl/N-ethyl adjacent to an activating group) is 1. The Morgan fingerprint density at radius 2 is 1.90 bits per heavy atom. The van der Waals surface area contributed by atoms with Crippen LogP contribution in [0.5, 0.6) is 0 Å². The number of sulfonamides is 1. The molecule has 1 aromatic carbocycles. The van der Waals surface area contributed by atoms with Crippen molar-refractivity contribution < 1.29 is 12.8 Å². The molecule has 2 rings (SSSR count). The van der Waals surface area contributed by atoms with E-state index >= 15 is 0 Å². The van der Waals surface area contributed by atoms with Gasteiger partial charge in [0.1, 0.15) is 5.82 Å². The van der Waals surface area contributed by atoms with Gasteiger partial charge in [-0.25, -0.2) is 17.1 Å². The van der Waals surface area contributed by atoms with Gasteiger partial charge in [0.15, 0.2) is 0 Å². The fourth-order valence-corrected chi connectivity index (χ4v) is 3.56. The van der Waals surface area contributed by atoms with Gasteiger partial charge in [-0.3, -0.25) is 0 Å². The lowest BCUT2D eigenvalue weighted by molar-refractivity contribution is 0.310. The highest BCUT2D eigenvalue weighted by molar-refractivity contribution is 7.88. The maximum Gasteiger partial charge on any atom is 0.218 e. The number of likely N-dealkylation sites (tertiary alicyclic amines) is 1. The van der Waals surface area contributed by atoms with Gasteiger partial charge in [0.05, 0.1) is 5.75 Å². The van der Waals surface area contributed by atoms with Gasteiger partial charge in [-0.1, -0.05) is 18.2 Å². The van der Waals surface area contributed by atoms with Crippen LogP contribution in [0.15, 0.2) is 24.3 Å². The van der Waals surface area contributed by atoms with Crippen molar-refractivity contribution in [2.45, 2.75) is 18.6 Å². The van der Waals surface area contributed by atoms with Crippen LogP contribution in [0.1, 0.15) is 18.4 Å². The molecule has 1 aromatic rings. The third-order valence-electron chi connectivity index (χ3n) is 3.70. The molecule has 0 spiro atoms. The number of hydrogen-bond donors (Lipinski definition) is 0. The van der Waals surface area contributed by atoms with Crippen molar-refractivity contribution in [2.75, 3.05) is 33.2 Å². The maximum atomic E-state index is 13.5. The highest BCUT2D eigenvalue weighted by atomic mass is 32.2. The molecule has 6 heteroatoms. The SMILES string of the molecule is CN(CCN1CCCC1)S(=O)(=O)Cc1ccccc1F. The number of nitrogens with zero attached hydrogens (tertiary/aromatic N) is 2. The molecule has 0 amide bonds. The third kappa shape index (κ3) is 4.01. The summed E-state index contributed by atoms with van der Waals surface area (Å²) >= 11 is 0. The molecule has 1 aliphatic rings. The van der Waals surface area contributed by atoms with Gasteiger partial charge in [0.2, 0.25) is 10.0 Å². The van der Waals surface area contributed by atoms with E-state index in [0.717, 1.165) is 19.6 Å². The summed E-state index contributed by atoms with van der Waals surface area (Å²) in [5.74, 6) is -0.750. The molecule has 1 saturated heterocycles. The lowest BCUT2D eigenvalue weighted by Crippen LogP contribution is -2.35. The summed E-state index contributed by atoms with van der Waals surface area (Å²) in [6, 6.07) is 6.01. The second-order valence-corrected chi connectivity index (χ2v) is 7.29. The van der Waals surface area contributed by atoms with Gasteiger partial charge in [0, 0.05) is 25.7 Å². The highest BCUT2D eigenvalue weighted by Gasteiger charge is 2.21. The van der Waals surface area contributed by atoms with E-state index in [1.165, 1.54) is 29.3 Å². The lowest BCUT2D eigenvalue weighted by atomic mass is 10.2. The van der Waals surface area contributed by atoms with Crippen LogP contribution >= 0.6 is 0 Å². The largest absolute Gasteiger partial charge is 0.302 e. The minimum absolute atomic E-state index is 0.223. The number of hydrogen-bond acceptors (Lipinski definition) is 3. The van der Waals surface area contributed by atoms with Gasteiger partial charge in [-0.2, -0.15) is 0 Å². The van der Waals surface area contributed by atoms with Gasteiger partial charge in [0.25, 0.3) is 0 Å². The molecule has 0 atom stereocenters. The Labute approximate surface area is 120 Å².